The number of para-hydroxylation sites is 2. The number of benzene rings is 2. The van der Waals surface area contributed by atoms with Crippen LogP contribution in [-0.2, 0) is 16.1 Å². The zero-order valence-corrected chi connectivity index (χ0v) is 16.3. The number of ketones is 1. The molecule has 0 radical (unpaired) electrons. The molecular formula is C22H24N2O5. The lowest BCUT2D eigenvalue weighted by molar-refractivity contribution is -0.144. The third-order valence-corrected chi connectivity index (χ3v) is 4.53. The molecule has 0 unspecified atom stereocenters. The molecule has 2 aromatic carbocycles. The summed E-state index contributed by atoms with van der Waals surface area (Å²) in [6.07, 6.45) is 1.36. The van der Waals surface area contributed by atoms with Crippen LogP contribution in [0.5, 0.6) is 5.75 Å². The van der Waals surface area contributed by atoms with Crippen molar-refractivity contribution in [1.29, 1.82) is 0 Å². The molecule has 3 rings (SSSR count). The fourth-order valence-corrected chi connectivity index (χ4v) is 3.00. The van der Waals surface area contributed by atoms with Crippen LogP contribution in [0.15, 0.2) is 53.3 Å². The first-order chi connectivity index (χ1) is 14.0. The van der Waals surface area contributed by atoms with Crippen molar-refractivity contribution in [3.8, 4) is 5.75 Å². The highest BCUT2D eigenvalue weighted by Gasteiger charge is 2.07. The maximum absolute atomic E-state index is 12.0. The first-order valence-electron chi connectivity index (χ1n) is 9.61. The number of imidazole rings is 1. The number of ether oxygens (including phenoxy) is 2. The highest BCUT2D eigenvalue weighted by Crippen LogP contribution is 2.13. The molecule has 0 aliphatic rings. The minimum Gasteiger partial charge on any atom is -0.494 e. The first-order valence-corrected chi connectivity index (χ1v) is 9.61. The van der Waals surface area contributed by atoms with E-state index in [0.717, 1.165) is 11.0 Å². The lowest BCUT2D eigenvalue weighted by atomic mass is 10.1. The third-order valence-electron chi connectivity index (χ3n) is 4.53. The van der Waals surface area contributed by atoms with E-state index in [-0.39, 0.29) is 30.5 Å². The summed E-state index contributed by atoms with van der Waals surface area (Å²) in [6.45, 7) is 2.65. The molecule has 0 aliphatic heterocycles. The van der Waals surface area contributed by atoms with Gasteiger partial charge < -0.3 is 14.5 Å². The topological polar surface area (TPSA) is 90.4 Å². The number of carbonyl (C=O) groups is 2. The van der Waals surface area contributed by atoms with Gasteiger partial charge in [0.1, 0.15) is 5.75 Å². The predicted octanol–water partition coefficient (Wildman–Crippen LogP) is 3.32. The SMILES string of the molecule is CC(=O)c1ccc(OCCCC(=O)OCCCn2c(=O)[nH]c3ccccc32)cc1. The number of aromatic nitrogens is 2. The van der Waals surface area contributed by atoms with Crippen molar-refractivity contribution in [2.45, 2.75) is 32.7 Å². The minimum atomic E-state index is -0.285. The molecule has 0 atom stereocenters. The molecule has 7 nitrogen and oxygen atoms in total. The Labute approximate surface area is 168 Å². The van der Waals surface area contributed by atoms with Gasteiger partial charge in [-0.05, 0) is 56.2 Å². The second kappa shape index (κ2) is 9.73. The van der Waals surface area contributed by atoms with Crippen LogP contribution in [0, 0.1) is 0 Å². The number of aryl methyl sites for hydroxylation is 1. The van der Waals surface area contributed by atoms with Crippen molar-refractivity contribution in [2.75, 3.05) is 13.2 Å². The number of nitrogens with one attached hydrogen (secondary N) is 1. The average molecular weight is 396 g/mol. The molecule has 0 spiro atoms. The molecule has 0 saturated carbocycles. The van der Waals surface area contributed by atoms with E-state index in [4.69, 9.17) is 9.47 Å². The maximum Gasteiger partial charge on any atom is 0.326 e. The summed E-state index contributed by atoms with van der Waals surface area (Å²) >= 11 is 0. The standard InChI is InChI=1S/C22H24N2O5/c1-16(25)17-9-11-18(12-10-17)28-14-4-8-21(26)29-15-5-13-24-20-7-3-2-6-19(20)23-22(24)27/h2-3,6-7,9-12H,4-5,8,13-15H2,1H3,(H,23,27). The van der Waals surface area contributed by atoms with Crippen molar-refractivity contribution in [1.82, 2.24) is 9.55 Å². The summed E-state index contributed by atoms with van der Waals surface area (Å²) in [5.74, 6) is 0.383. The molecule has 152 valence electrons. The largest absolute Gasteiger partial charge is 0.494 e. The first kappa shape index (κ1) is 20.4. The second-order valence-corrected chi connectivity index (χ2v) is 6.71. The molecule has 7 heteroatoms. The van der Waals surface area contributed by atoms with Gasteiger partial charge in [-0.15, -0.1) is 0 Å². The highest BCUT2D eigenvalue weighted by atomic mass is 16.5. The van der Waals surface area contributed by atoms with Gasteiger partial charge in [-0.3, -0.25) is 14.2 Å². The Morgan fingerprint density at radius 1 is 1.00 bits per heavy atom. The number of aromatic amines is 1. The van der Waals surface area contributed by atoms with Gasteiger partial charge in [-0.1, -0.05) is 12.1 Å². The maximum atomic E-state index is 12.0. The van der Waals surface area contributed by atoms with E-state index < -0.39 is 0 Å². The molecule has 29 heavy (non-hydrogen) atoms. The molecule has 0 fully saturated rings. The van der Waals surface area contributed by atoms with Crippen LogP contribution in [0.25, 0.3) is 11.0 Å². The van der Waals surface area contributed by atoms with Crippen LogP contribution in [0.2, 0.25) is 0 Å². The predicted molar refractivity (Wildman–Crippen MR) is 109 cm³/mol. The Bertz CT molecular complexity index is 1030. The molecule has 1 heterocycles. The van der Waals surface area contributed by atoms with Crippen LogP contribution in [0.4, 0.5) is 0 Å². The van der Waals surface area contributed by atoms with E-state index in [1.807, 2.05) is 24.3 Å². The van der Waals surface area contributed by atoms with E-state index in [9.17, 15) is 14.4 Å². The summed E-state index contributed by atoms with van der Waals surface area (Å²) in [5, 5.41) is 0. The Hall–Kier alpha value is -3.35. The average Bonchev–Trinajstić information content (AvgIpc) is 3.04. The highest BCUT2D eigenvalue weighted by molar-refractivity contribution is 5.94. The Morgan fingerprint density at radius 3 is 2.52 bits per heavy atom. The lowest BCUT2D eigenvalue weighted by Crippen LogP contribution is -2.18. The smallest absolute Gasteiger partial charge is 0.326 e. The van der Waals surface area contributed by atoms with Gasteiger partial charge in [0, 0.05) is 18.5 Å². The van der Waals surface area contributed by atoms with Crippen molar-refractivity contribution >= 4 is 22.8 Å². The number of esters is 1. The summed E-state index contributed by atoms with van der Waals surface area (Å²) in [4.78, 5) is 37.8. The van der Waals surface area contributed by atoms with E-state index in [1.165, 1.54) is 6.92 Å². The fraction of sp³-hybridized carbons (Fsp3) is 0.318. The normalized spacial score (nSPS) is 10.8. The number of carbonyl (C=O) groups excluding carboxylic acids is 2. The monoisotopic (exact) mass is 396 g/mol. The van der Waals surface area contributed by atoms with Gasteiger partial charge in [0.25, 0.3) is 0 Å². The summed E-state index contributed by atoms with van der Waals surface area (Å²) in [5.41, 5.74) is 2.12. The van der Waals surface area contributed by atoms with Gasteiger partial charge in [-0.2, -0.15) is 0 Å². The van der Waals surface area contributed by atoms with Crippen LogP contribution in [-0.4, -0.2) is 34.5 Å². The number of hydrogen-bond acceptors (Lipinski definition) is 5. The second-order valence-electron chi connectivity index (χ2n) is 6.71. The number of rotatable bonds is 10. The molecule has 0 amide bonds. The zero-order chi connectivity index (χ0) is 20.6. The number of H-pyrrole nitrogens is 1. The van der Waals surface area contributed by atoms with E-state index in [0.29, 0.717) is 37.3 Å². The van der Waals surface area contributed by atoms with Gasteiger partial charge in [0.2, 0.25) is 0 Å². The molecule has 1 aromatic heterocycles. The number of nitrogens with zero attached hydrogens (tertiary/aromatic N) is 1. The van der Waals surface area contributed by atoms with Crippen LogP contribution in [0.3, 0.4) is 0 Å². The molecule has 0 saturated heterocycles. The van der Waals surface area contributed by atoms with E-state index in [2.05, 4.69) is 4.98 Å². The van der Waals surface area contributed by atoms with Crippen LogP contribution < -0.4 is 10.4 Å². The van der Waals surface area contributed by atoms with E-state index in [1.54, 1.807) is 28.8 Å². The summed E-state index contributed by atoms with van der Waals surface area (Å²) in [7, 11) is 0. The van der Waals surface area contributed by atoms with Gasteiger partial charge in [0.15, 0.2) is 5.78 Å². The molecule has 3 aromatic rings. The molecular weight excluding hydrogens is 372 g/mol. The van der Waals surface area contributed by atoms with Crippen molar-refractivity contribution in [3.63, 3.8) is 0 Å². The molecule has 0 bridgehead atoms. The number of Topliss-reactive ketones (excluding diaryl/α,β-unsaturated/α-hetero) is 1. The number of fused-ring (bicyclic) bond motifs is 1. The van der Waals surface area contributed by atoms with Gasteiger partial charge in [-0.25, -0.2) is 4.79 Å². The quantitative estimate of drug-likeness (QED) is 0.322. The Morgan fingerprint density at radius 2 is 1.76 bits per heavy atom. The fourth-order valence-electron chi connectivity index (χ4n) is 3.00. The zero-order valence-electron chi connectivity index (χ0n) is 16.3. The Kier molecular flexibility index (Phi) is 6.84. The summed E-state index contributed by atoms with van der Waals surface area (Å²) in [6, 6.07) is 14.4. The van der Waals surface area contributed by atoms with Crippen molar-refractivity contribution in [2.24, 2.45) is 0 Å². The Balaban J connectivity index is 1.32. The van der Waals surface area contributed by atoms with Crippen molar-refractivity contribution in [3.05, 3.63) is 64.6 Å². The van der Waals surface area contributed by atoms with Crippen LogP contribution in [0.1, 0.15) is 36.5 Å². The summed E-state index contributed by atoms with van der Waals surface area (Å²) < 4.78 is 12.4. The minimum absolute atomic E-state index is 0.00821. The van der Waals surface area contributed by atoms with E-state index >= 15 is 0 Å². The molecule has 1 N–H and O–H groups in total. The number of hydrogen-bond donors (Lipinski definition) is 1. The lowest BCUT2D eigenvalue weighted by Gasteiger charge is -2.08. The third kappa shape index (κ3) is 5.57. The van der Waals surface area contributed by atoms with Gasteiger partial charge in [0.05, 0.1) is 24.2 Å². The van der Waals surface area contributed by atoms with Crippen molar-refractivity contribution < 1.29 is 19.1 Å². The molecule has 0 aliphatic carbocycles. The van der Waals surface area contributed by atoms with Crippen LogP contribution >= 0.6 is 0 Å². The van der Waals surface area contributed by atoms with Gasteiger partial charge >= 0.3 is 11.7 Å².